The summed E-state index contributed by atoms with van der Waals surface area (Å²) in [6.45, 7) is 5.30. The van der Waals surface area contributed by atoms with E-state index in [2.05, 4.69) is 4.99 Å². The summed E-state index contributed by atoms with van der Waals surface area (Å²) < 4.78 is 5.41. The minimum absolute atomic E-state index is 0.107. The van der Waals surface area contributed by atoms with Crippen LogP contribution in [0.25, 0.3) is 0 Å². The number of nitrogens with zero attached hydrogens (tertiary/aromatic N) is 1. The molecule has 154 valence electrons. The number of ether oxygens (including phenoxy) is 1. The van der Waals surface area contributed by atoms with Gasteiger partial charge in [0.25, 0.3) is 0 Å². The SMILES string of the molecule is CCOc1cc(C2C3=C(CC(C)C(C(=O)O)C3=O)N=C(C)C2C(=O)O)ccc1O. The van der Waals surface area contributed by atoms with Gasteiger partial charge in [0.05, 0.1) is 6.61 Å². The van der Waals surface area contributed by atoms with E-state index in [1.54, 1.807) is 20.8 Å². The number of phenols is 1. The number of carbonyl (C=O) groups is 3. The van der Waals surface area contributed by atoms with E-state index >= 15 is 0 Å². The predicted molar refractivity (Wildman–Crippen MR) is 103 cm³/mol. The van der Waals surface area contributed by atoms with Gasteiger partial charge >= 0.3 is 11.9 Å². The Morgan fingerprint density at radius 2 is 1.86 bits per heavy atom. The zero-order valence-corrected chi connectivity index (χ0v) is 16.4. The van der Waals surface area contributed by atoms with Gasteiger partial charge in [-0.3, -0.25) is 19.4 Å². The minimum Gasteiger partial charge on any atom is -0.504 e. The highest BCUT2D eigenvalue weighted by atomic mass is 16.5. The molecule has 4 atom stereocenters. The molecule has 3 rings (SSSR count). The van der Waals surface area contributed by atoms with Gasteiger partial charge in [-0.15, -0.1) is 0 Å². The maximum Gasteiger partial charge on any atom is 0.314 e. The van der Waals surface area contributed by atoms with Crippen LogP contribution in [-0.4, -0.2) is 45.4 Å². The van der Waals surface area contributed by atoms with Gasteiger partial charge in [0.2, 0.25) is 0 Å². The number of carboxylic acids is 2. The largest absolute Gasteiger partial charge is 0.504 e. The molecule has 0 bridgehead atoms. The fraction of sp³-hybridized carbons (Fsp3) is 0.429. The Hall–Kier alpha value is -3.16. The highest BCUT2D eigenvalue weighted by Gasteiger charge is 2.48. The average Bonchev–Trinajstić information content (AvgIpc) is 2.61. The van der Waals surface area contributed by atoms with Crippen molar-refractivity contribution in [3.8, 4) is 11.5 Å². The molecule has 1 aliphatic heterocycles. The molecule has 0 saturated heterocycles. The van der Waals surface area contributed by atoms with Crippen LogP contribution in [0.3, 0.4) is 0 Å². The fourth-order valence-corrected chi connectivity index (χ4v) is 4.26. The molecule has 1 aromatic carbocycles. The molecule has 29 heavy (non-hydrogen) atoms. The van der Waals surface area contributed by atoms with Crippen molar-refractivity contribution in [3.63, 3.8) is 0 Å². The van der Waals surface area contributed by atoms with E-state index in [0.29, 0.717) is 17.0 Å². The molecule has 0 spiro atoms. The number of carbonyl (C=O) groups excluding carboxylic acids is 1. The van der Waals surface area contributed by atoms with Crippen LogP contribution in [0.4, 0.5) is 0 Å². The standard InChI is InChI=1S/C21H23NO7/c1-4-29-14-8-11(5-6-13(14)23)17-16(21(27)28)10(3)22-12-7-9(2)15(20(25)26)19(24)18(12)17/h5-6,8-9,15-17,23H,4,7H2,1-3H3,(H,25,26)(H,27,28). The highest BCUT2D eigenvalue weighted by Crippen LogP contribution is 2.47. The van der Waals surface area contributed by atoms with E-state index in [0.717, 1.165) is 0 Å². The Morgan fingerprint density at radius 3 is 2.45 bits per heavy atom. The maximum atomic E-state index is 13.2. The smallest absolute Gasteiger partial charge is 0.314 e. The Kier molecular flexibility index (Phi) is 5.46. The number of hydrogen-bond donors (Lipinski definition) is 3. The number of phenolic OH excluding ortho intramolecular Hbond substituents is 1. The maximum absolute atomic E-state index is 13.2. The molecule has 0 aromatic heterocycles. The summed E-state index contributed by atoms with van der Waals surface area (Å²) in [7, 11) is 0. The predicted octanol–water partition coefficient (Wildman–Crippen LogP) is 2.61. The first-order chi connectivity index (χ1) is 13.7. The summed E-state index contributed by atoms with van der Waals surface area (Å²) in [5.41, 5.74) is 1.36. The molecule has 8 heteroatoms. The second-order valence-electron chi connectivity index (χ2n) is 7.43. The van der Waals surface area contributed by atoms with Gasteiger partial charge in [0, 0.05) is 22.9 Å². The van der Waals surface area contributed by atoms with Crippen LogP contribution in [0.5, 0.6) is 11.5 Å². The monoisotopic (exact) mass is 401 g/mol. The topological polar surface area (TPSA) is 133 Å². The number of allylic oxidation sites excluding steroid dienone is 2. The third kappa shape index (κ3) is 3.50. The Bertz CT molecular complexity index is 946. The van der Waals surface area contributed by atoms with Crippen LogP contribution in [0.1, 0.15) is 38.7 Å². The summed E-state index contributed by atoms with van der Waals surface area (Å²) in [5, 5.41) is 29.4. The lowest BCUT2D eigenvalue weighted by Gasteiger charge is -2.37. The summed E-state index contributed by atoms with van der Waals surface area (Å²) in [6.07, 6.45) is 0.272. The quantitative estimate of drug-likeness (QED) is 0.646. The lowest BCUT2D eigenvalue weighted by Crippen LogP contribution is -2.42. The molecule has 3 N–H and O–H groups in total. The fourth-order valence-electron chi connectivity index (χ4n) is 4.26. The third-order valence-electron chi connectivity index (χ3n) is 5.52. The number of hydrogen-bond acceptors (Lipinski definition) is 6. The zero-order chi connectivity index (χ0) is 21.5. The van der Waals surface area contributed by atoms with E-state index in [4.69, 9.17) is 4.74 Å². The number of Topliss-reactive ketones (excluding diaryl/α,β-unsaturated/α-hetero) is 1. The van der Waals surface area contributed by atoms with Crippen LogP contribution in [0, 0.1) is 17.8 Å². The Labute approximate surface area is 167 Å². The molecular formula is C21H23NO7. The van der Waals surface area contributed by atoms with E-state index in [9.17, 15) is 29.7 Å². The number of rotatable bonds is 5. The number of aliphatic carboxylic acids is 2. The molecule has 1 aromatic rings. The summed E-state index contributed by atoms with van der Waals surface area (Å²) >= 11 is 0. The average molecular weight is 401 g/mol. The van der Waals surface area contributed by atoms with E-state index in [1.165, 1.54) is 18.2 Å². The first-order valence-corrected chi connectivity index (χ1v) is 9.41. The number of carboxylic acid groups (broad SMARTS) is 2. The summed E-state index contributed by atoms with van der Waals surface area (Å²) in [5.74, 6) is -6.67. The van der Waals surface area contributed by atoms with Gasteiger partial charge < -0.3 is 20.1 Å². The Morgan fingerprint density at radius 1 is 1.21 bits per heavy atom. The first kappa shape index (κ1) is 20.6. The van der Waals surface area contributed by atoms with Crippen LogP contribution in [0.2, 0.25) is 0 Å². The highest BCUT2D eigenvalue weighted by molar-refractivity contribution is 6.13. The van der Waals surface area contributed by atoms with Crippen molar-refractivity contribution in [1.29, 1.82) is 0 Å². The van der Waals surface area contributed by atoms with Crippen molar-refractivity contribution >= 4 is 23.4 Å². The summed E-state index contributed by atoms with van der Waals surface area (Å²) in [6, 6.07) is 4.41. The summed E-state index contributed by atoms with van der Waals surface area (Å²) in [4.78, 5) is 41.3. The van der Waals surface area contributed by atoms with Crippen molar-refractivity contribution in [2.24, 2.45) is 22.7 Å². The van der Waals surface area contributed by atoms with Crippen molar-refractivity contribution in [2.45, 2.75) is 33.1 Å². The number of aliphatic imine (C=N–C) groups is 1. The third-order valence-corrected chi connectivity index (χ3v) is 5.52. The lowest BCUT2D eigenvalue weighted by atomic mass is 9.67. The molecule has 8 nitrogen and oxygen atoms in total. The lowest BCUT2D eigenvalue weighted by molar-refractivity contribution is -0.147. The minimum atomic E-state index is -1.25. The molecule has 0 fully saturated rings. The van der Waals surface area contributed by atoms with Gasteiger partial charge in [-0.25, -0.2) is 0 Å². The molecule has 4 unspecified atom stereocenters. The van der Waals surface area contributed by atoms with Gasteiger partial charge in [-0.05, 0) is 43.9 Å². The number of aromatic hydroxyl groups is 1. The van der Waals surface area contributed by atoms with Crippen molar-refractivity contribution < 1.29 is 34.4 Å². The van der Waals surface area contributed by atoms with E-state index < -0.39 is 41.4 Å². The number of ketones is 1. The van der Waals surface area contributed by atoms with Crippen molar-refractivity contribution in [1.82, 2.24) is 0 Å². The normalized spacial score (nSPS) is 26.6. The molecule has 0 radical (unpaired) electrons. The zero-order valence-electron chi connectivity index (χ0n) is 16.4. The second kappa shape index (κ2) is 7.69. The first-order valence-electron chi connectivity index (χ1n) is 9.41. The van der Waals surface area contributed by atoms with E-state index in [1.807, 2.05) is 0 Å². The van der Waals surface area contributed by atoms with Crippen LogP contribution in [-0.2, 0) is 14.4 Å². The molecule has 1 heterocycles. The molecule has 0 saturated carbocycles. The molecule has 0 amide bonds. The van der Waals surface area contributed by atoms with Crippen molar-refractivity contribution in [2.75, 3.05) is 6.61 Å². The molecule has 1 aliphatic carbocycles. The van der Waals surface area contributed by atoms with Gasteiger partial charge in [0.1, 0.15) is 11.8 Å². The van der Waals surface area contributed by atoms with Crippen LogP contribution < -0.4 is 4.74 Å². The number of benzene rings is 1. The van der Waals surface area contributed by atoms with Crippen LogP contribution in [0.15, 0.2) is 34.5 Å². The molecule has 2 aliphatic rings. The van der Waals surface area contributed by atoms with E-state index in [-0.39, 0.29) is 30.1 Å². The van der Waals surface area contributed by atoms with Crippen molar-refractivity contribution in [3.05, 3.63) is 35.0 Å². The second-order valence-corrected chi connectivity index (χ2v) is 7.43. The molecular weight excluding hydrogens is 378 g/mol. The Balaban J connectivity index is 2.22. The van der Waals surface area contributed by atoms with Crippen LogP contribution >= 0.6 is 0 Å². The van der Waals surface area contributed by atoms with Gasteiger partial charge in [0.15, 0.2) is 17.3 Å². The van der Waals surface area contributed by atoms with Gasteiger partial charge in [-0.2, -0.15) is 0 Å². The van der Waals surface area contributed by atoms with Gasteiger partial charge in [-0.1, -0.05) is 13.0 Å².